The second kappa shape index (κ2) is 5.90. The van der Waals surface area contributed by atoms with E-state index < -0.39 is 6.85 Å². The maximum atomic E-state index is 7.80. The number of aromatic nitrogens is 1. The third kappa shape index (κ3) is 2.25. The molecule has 0 bridgehead atoms. The van der Waals surface area contributed by atoms with Gasteiger partial charge in [0, 0.05) is 15.7 Å². The van der Waals surface area contributed by atoms with Gasteiger partial charge < -0.3 is 0 Å². The van der Waals surface area contributed by atoms with Gasteiger partial charge in [-0.1, -0.05) is 48.5 Å². The number of fused-ring (bicyclic) bond motifs is 7. The first-order chi connectivity index (χ1) is 15.3. The van der Waals surface area contributed by atoms with E-state index in [4.69, 9.17) is 4.11 Å². The van der Waals surface area contributed by atoms with Crippen molar-refractivity contribution >= 4 is 0 Å². The van der Waals surface area contributed by atoms with Crippen LogP contribution < -0.4 is 4.57 Å². The summed E-state index contributed by atoms with van der Waals surface area (Å²) in [6.07, 6.45) is 3.64. The number of pyridine rings is 1. The highest BCUT2D eigenvalue weighted by molar-refractivity contribution is 5.97. The van der Waals surface area contributed by atoms with E-state index in [1.54, 1.807) is 12.3 Å². The highest BCUT2D eigenvalue weighted by atomic mass is 14.9. The molecule has 2 aliphatic rings. The standard InChI is InChI=1S/C28H24N/c1-17-12-13-25(29(3)16-17)27-18(2)26-21-10-6-4-8-19(21)14-23(26)28-22-11-7-5-9-20(22)15-24(27)28/h4-13,16H,14-15H2,1-3H3/q+1/i1D3. The smallest absolute Gasteiger partial charge is 0.201 e. The Balaban J connectivity index is 1.69. The lowest BCUT2D eigenvalue weighted by Gasteiger charge is -2.18. The SMILES string of the molecule is [2H]C([2H])([2H])c1ccc(-c2c(C)c3c(c4c2Cc2ccccc2-4)Cc2ccccc2-3)[n+](C)c1. The number of aryl methyl sites for hydroxylation is 2. The van der Waals surface area contributed by atoms with Crippen LogP contribution in [-0.2, 0) is 19.9 Å². The second-order valence-electron chi connectivity index (χ2n) is 8.29. The number of hydrogen-bond donors (Lipinski definition) is 0. The van der Waals surface area contributed by atoms with Gasteiger partial charge in [-0.05, 0) is 82.8 Å². The van der Waals surface area contributed by atoms with Crippen LogP contribution in [0.15, 0.2) is 66.9 Å². The molecule has 1 heterocycles. The Hall–Kier alpha value is -3.19. The molecule has 1 nitrogen and oxygen atoms in total. The molecule has 0 amide bonds. The van der Waals surface area contributed by atoms with Gasteiger partial charge in [-0.25, -0.2) is 4.57 Å². The lowest BCUT2D eigenvalue weighted by molar-refractivity contribution is -0.660. The predicted molar refractivity (Wildman–Crippen MR) is 119 cm³/mol. The van der Waals surface area contributed by atoms with Crippen molar-refractivity contribution < 1.29 is 8.68 Å². The molecular weight excluding hydrogens is 350 g/mol. The van der Waals surface area contributed by atoms with Crippen LogP contribution in [-0.4, -0.2) is 0 Å². The Morgan fingerprint density at radius 1 is 0.759 bits per heavy atom. The molecule has 0 unspecified atom stereocenters. The minimum atomic E-state index is -2.11. The van der Waals surface area contributed by atoms with Crippen molar-refractivity contribution in [3.05, 3.63) is 100 Å². The van der Waals surface area contributed by atoms with Crippen LogP contribution >= 0.6 is 0 Å². The maximum Gasteiger partial charge on any atom is 0.212 e. The first-order valence-corrected chi connectivity index (χ1v) is 10.2. The third-order valence-corrected chi connectivity index (χ3v) is 6.65. The Morgan fingerprint density at radius 3 is 2.03 bits per heavy atom. The zero-order valence-corrected chi connectivity index (χ0v) is 16.7. The van der Waals surface area contributed by atoms with Gasteiger partial charge in [0.05, 0.1) is 5.56 Å². The fraction of sp³-hybridized carbons (Fsp3) is 0.179. The zero-order valence-electron chi connectivity index (χ0n) is 19.7. The maximum absolute atomic E-state index is 7.80. The van der Waals surface area contributed by atoms with Crippen molar-refractivity contribution in [3.63, 3.8) is 0 Å². The van der Waals surface area contributed by atoms with E-state index in [1.165, 1.54) is 55.6 Å². The minimum Gasteiger partial charge on any atom is -0.201 e. The number of rotatable bonds is 1. The van der Waals surface area contributed by atoms with E-state index in [-0.39, 0.29) is 0 Å². The molecule has 1 aromatic heterocycles. The Labute approximate surface area is 176 Å². The van der Waals surface area contributed by atoms with Crippen LogP contribution in [0, 0.1) is 13.8 Å². The lowest BCUT2D eigenvalue weighted by atomic mass is 9.85. The van der Waals surface area contributed by atoms with E-state index in [9.17, 15) is 0 Å². The molecule has 0 spiro atoms. The monoisotopic (exact) mass is 377 g/mol. The average Bonchev–Trinajstić information content (AvgIpc) is 3.32. The molecule has 0 fully saturated rings. The number of benzene rings is 3. The van der Waals surface area contributed by atoms with Gasteiger partial charge in [-0.3, -0.25) is 0 Å². The normalized spacial score (nSPS) is 15.0. The highest BCUT2D eigenvalue weighted by Gasteiger charge is 2.34. The van der Waals surface area contributed by atoms with Crippen molar-refractivity contribution in [1.82, 2.24) is 0 Å². The molecule has 29 heavy (non-hydrogen) atoms. The summed E-state index contributed by atoms with van der Waals surface area (Å²) in [5.74, 6) is 0. The summed E-state index contributed by atoms with van der Waals surface area (Å²) in [6.45, 7) is 0.123. The molecule has 1 heteroatoms. The second-order valence-corrected chi connectivity index (χ2v) is 8.29. The van der Waals surface area contributed by atoms with Crippen molar-refractivity contribution in [3.8, 4) is 33.5 Å². The van der Waals surface area contributed by atoms with Crippen LogP contribution in [0.3, 0.4) is 0 Å². The van der Waals surface area contributed by atoms with Crippen molar-refractivity contribution in [2.75, 3.05) is 0 Å². The van der Waals surface area contributed by atoms with E-state index in [0.717, 1.165) is 18.5 Å². The number of nitrogens with zero attached hydrogens (tertiary/aromatic N) is 1. The lowest BCUT2D eigenvalue weighted by Crippen LogP contribution is -2.31. The summed E-state index contributed by atoms with van der Waals surface area (Å²) in [7, 11) is 1.96. The van der Waals surface area contributed by atoms with Gasteiger partial charge in [0.2, 0.25) is 5.69 Å². The van der Waals surface area contributed by atoms with Crippen molar-refractivity contribution in [2.45, 2.75) is 26.6 Å². The van der Waals surface area contributed by atoms with Crippen molar-refractivity contribution in [2.24, 2.45) is 7.05 Å². The van der Waals surface area contributed by atoms with E-state index in [2.05, 4.69) is 55.5 Å². The van der Waals surface area contributed by atoms with Crippen LogP contribution in [0.25, 0.3) is 33.5 Å². The van der Waals surface area contributed by atoms with Gasteiger partial charge in [-0.2, -0.15) is 0 Å². The summed E-state index contributed by atoms with van der Waals surface area (Å²) in [5, 5.41) is 0. The zero-order chi connectivity index (χ0) is 22.2. The average molecular weight is 378 g/mol. The fourth-order valence-electron chi connectivity index (χ4n) is 5.48. The largest absolute Gasteiger partial charge is 0.212 e. The van der Waals surface area contributed by atoms with Crippen molar-refractivity contribution in [1.29, 1.82) is 0 Å². The molecule has 0 N–H and O–H groups in total. The third-order valence-electron chi connectivity index (χ3n) is 6.65. The van der Waals surface area contributed by atoms with E-state index in [0.29, 0.717) is 5.56 Å². The molecule has 6 rings (SSSR count). The predicted octanol–water partition coefficient (Wildman–Crippen LogP) is 5.94. The quantitative estimate of drug-likeness (QED) is 0.312. The topological polar surface area (TPSA) is 3.88 Å². The molecule has 3 aromatic carbocycles. The number of hydrogen-bond acceptors (Lipinski definition) is 0. The minimum absolute atomic E-state index is 0.368. The van der Waals surface area contributed by atoms with E-state index in [1.807, 2.05) is 17.7 Å². The molecule has 140 valence electrons. The molecule has 2 aliphatic carbocycles. The summed E-state index contributed by atoms with van der Waals surface area (Å²) in [5.41, 5.74) is 14.9. The highest BCUT2D eigenvalue weighted by Crippen LogP contribution is 2.52. The molecule has 0 aliphatic heterocycles. The van der Waals surface area contributed by atoms with Gasteiger partial charge in [0.1, 0.15) is 7.05 Å². The fourth-order valence-corrected chi connectivity index (χ4v) is 5.48. The summed E-state index contributed by atoms with van der Waals surface area (Å²) in [4.78, 5) is 0. The van der Waals surface area contributed by atoms with E-state index >= 15 is 0 Å². The Kier molecular flexibility index (Phi) is 2.83. The van der Waals surface area contributed by atoms with Gasteiger partial charge in [-0.15, -0.1) is 0 Å². The summed E-state index contributed by atoms with van der Waals surface area (Å²) >= 11 is 0. The Morgan fingerprint density at radius 2 is 1.38 bits per heavy atom. The van der Waals surface area contributed by atoms with Crippen LogP contribution in [0.2, 0.25) is 0 Å². The molecular formula is C28H24N+. The molecule has 0 radical (unpaired) electrons. The van der Waals surface area contributed by atoms with Gasteiger partial charge in [0.15, 0.2) is 6.20 Å². The first-order valence-electron chi connectivity index (χ1n) is 11.7. The van der Waals surface area contributed by atoms with Crippen LogP contribution in [0.5, 0.6) is 0 Å². The summed E-state index contributed by atoms with van der Waals surface area (Å²) < 4.78 is 25.4. The molecule has 0 saturated heterocycles. The van der Waals surface area contributed by atoms with Crippen LogP contribution in [0.4, 0.5) is 0 Å². The van der Waals surface area contributed by atoms with Crippen LogP contribution in [0.1, 0.15) is 37.5 Å². The molecule has 0 atom stereocenters. The van der Waals surface area contributed by atoms with Gasteiger partial charge in [0.25, 0.3) is 0 Å². The first kappa shape index (κ1) is 13.9. The Bertz CT molecular complexity index is 1430. The summed E-state index contributed by atoms with van der Waals surface area (Å²) in [6, 6.07) is 21.2. The van der Waals surface area contributed by atoms with Gasteiger partial charge >= 0.3 is 0 Å². The molecule has 0 saturated carbocycles. The molecule has 4 aromatic rings.